The highest BCUT2D eigenvalue weighted by Gasteiger charge is 2.06. The van der Waals surface area contributed by atoms with Gasteiger partial charge < -0.3 is 5.73 Å². The van der Waals surface area contributed by atoms with E-state index in [4.69, 9.17) is 5.73 Å². The van der Waals surface area contributed by atoms with E-state index in [1.165, 1.54) is 12.1 Å². The van der Waals surface area contributed by atoms with Gasteiger partial charge >= 0.3 is 0 Å². The summed E-state index contributed by atoms with van der Waals surface area (Å²) in [6, 6.07) is 8.16. The van der Waals surface area contributed by atoms with Crippen LogP contribution in [-0.4, -0.2) is 16.0 Å². The zero-order valence-corrected chi connectivity index (χ0v) is 10.5. The Hall–Kier alpha value is -1.81. The highest BCUT2D eigenvalue weighted by atomic mass is 19.1. The van der Waals surface area contributed by atoms with Gasteiger partial charge in [0, 0.05) is 29.4 Å². The van der Waals surface area contributed by atoms with E-state index in [2.05, 4.69) is 9.97 Å². The first-order chi connectivity index (χ1) is 8.54. The van der Waals surface area contributed by atoms with E-state index in [-0.39, 0.29) is 11.9 Å². The molecule has 4 heteroatoms. The van der Waals surface area contributed by atoms with Crippen LogP contribution in [0.3, 0.4) is 0 Å². The summed E-state index contributed by atoms with van der Waals surface area (Å²) in [4.78, 5) is 8.83. The van der Waals surface area contributed by atoms with Crippen molar-refractivity contribution >= 4 is 0 Å². The molecule has 18 heavy (non-hydrogen) atoms. The lowest BCUT2D eigenvalue weighted by Crippen LogP contribution is -2.19. The van der Waals surface area contributed by atoms with Gasteiger partial charge in [-0.15, -0.1) is 0 Å². The molecule has 0 aliphatic heterocycles. The van der Waals surface area contributed by atoms with Crippen molar-refractivity contribution in [1.82, 2.24) is 9.97 Å². The van der Waals surface area contributed by atoms with Crippen LogP contribution in [0.1, 0.15) is 18.3 Å². The molecule has 0 saturated carbocycles. The fourth-order valence-corrected chi connectivity index (χ4v) is 1.80. The van der Waals surface area contributed by atoms with Gasteiger partial charge in [0.2, 0.25) is 0 Å². The van der Waals surface area contributed by atoms with Crippen molar-refractivity contribution in [3.05, 3.63) is 47.5 Å². The van der Waals surface area contributed by atoms with Crippen molar-refractivity contribution in [3.8, 4) is 11.4 Å². The minimum Gasteiger partial charge on any atom is -0.328 e. The topological polar surface area (TPSA) is 51.8 Å². The summed E-state index contributed by atoms with van der Waals surface area (Å²) in [5, 5.41) is 0. The summed E-state index contributed by atoms with van der Waals surface area (Å²) in [6.07, 6.45) is 0.706. The first-order valence-electron chi connectivity index (χ1n) is 5.90. The summed E-state index contributed by atoms with van der Waals surface area (Å²) >= 11 is 0. The van der Waals surface area contributed by atoms with E-state index in [1.54, 1.807) is 12.1 Å². The quantitative estimate of drug-likeness (QED) is 0.903. The molecule has 2 rings (SSSR count). The molecule has 0 saturated heterocycles. The van der Waals surface area contributed by atoms with Crippen LogP contribution in [-0.2, 0) is 6.42 Å². The van der Waals surface area contributed by atoms with Gasteiger partial charge in [-0.05, 0) is 44.2 Å². The van der Waals surface area contributed by atoms with Crippen LogP contribution in [0.15, 0.2) is 30.3 Å². The van der Waals surface area contributed by atoms with Crippen LogP contribution in [0.4, 0.5) is 4.39 Å². The molecule has 0 aliphatic rings. The van der Waals surface area contributed by atoms with Crippen molar-refractivity contribution in [1.29, 1.82) is 0 Å². The van der Waals surface area contributed by atoms with Crippen molar-refractivity contribution in [3.63, 3.8) is 0 Å². The summed E-state index contributed by atoms with van der Waals surface area (Å²) in [5.74, 6) is 0.354. The number of rotatable bonds is 3. The Labute approximate surface area is 106 Å². The van der Waals surface area contributed by atoms with Gasteiger partial charge in [0.05, 0.1) is 0 Å². The number of aryl methyl sites for hydroxylation is 1. The van der Waals surface area contributed by atoms with E-state index < -0.39 is 0 Å². The number of nitrogens with two attached hydrogens (primary N) is 1. The highest BCUT2D eigenvalue weighted by Crippen LogP contribution is 2.16. The molecule has 0 fully saturated rings. The maximum Gasteiger partial charge on any atom is 0.159 e. The summed E-state index contributed by atoms with van der Waals surface area (Å²) < 4.78 is 12.9. The Morgan fingerprint density at radius 1 is 1.22 bits per heavy atom. The molecule has 94 valence electrons. The summed E-state index contributed by atoms with van der Waals surface area (Å²) in [6.45, 7) is 3.86. The number of nitrogens with zero attached hydrogens (tertiary/aromatic N) is 2. The van der Waals surface area contributed by atoms with E-state index >= 15 is 0 Å². The summed E-state index contributed by atoms with van der Waals surface area (Å²) in [5.41, 5.74) is 8.39. The third-order valence-electron chi connectivity index (χ3n) is 2.54. The molecule has 2 aromatic rings. The zero-order chi connectivity index (χ0) is 13.1. The zero-order valence-electron chi connectivity index (χ0n) is 10.5. The predicted octanol–water partition coefficient (Wildman–Crippen LogP) is 2.48. The maximum atomic E-state index is 12.9. The third kappa shape index (κ3) is 3.11. The van der Waals surface area contributed by atoms with Gasteiger partial charge in [-0.1, -0.05) is 0 Å². The molecule has 3 nitrogen and oxygen atoms in total. The van der Waals surface area contributed by atoms with Crippen LogP contribution < -0.4 is 5.73 Å². The van der Waals surface area contributed by atoms with Crippen molar-refractivity contribution in [2.75, 3.05) is 0 Å². The van der Waals surface area contributed by atoms with E-state index in [0.29, 0.717) is 12.2 Å². The number of halogens is 1. The van der Waals surface area contributed by atoms with Gasteiger partial charge in [-0.2, -0.15) is 0 Å². The van der Waals surface area contributed by atoms with Gasteiger partial charge in [-0.3, -0.25) is 0 Å². The fourth-order valence-electron chi connectivity index (χ4n) is 1.80. The Kier molecular flexibility index (Phi) is 3.67. The largest absolute Gasteiger partial charge is 0.328 e. The second-order valence-corrected chi connectivity index (χ2v) is 4.51. The van der Waals surface area contributed by atoms with Gasteiger partial charge in [0.25, 0.3) is 0 Å². The second-order valence-electron chi connectivity index (χ2n) is 4.51. The fraction of sp³-hybridized carbons (Fsp3) is 0.286. The Bertz CT molecular complexity index is 535. The molecule has 1 aromatic heterocycles. The smallest absolute Gasteiger partial charge is 0.159 e. The SMILES string of the molecule is Cc1cc(CC(C)N)nc(-c2ccc(F)cc2)n1. The van der Waals surface area contributed by atoms with E-state index in [9.17, 15) is 4.39 Å². The van der Waals surface area contributed by atoms with E-state index in [0.717, 1.165) is 17.0 Å². The Balaban J connectivity index is 2.38. The minimum absolute atomic E-state index is 0.0559. The molecule has 0 aliphatic carbocycles. The third-order valence-corrected chi connectivity index (χ3v) is 2.54. The molecule has 0 radical (unpaired) electrons. The number of hydrogen-bond donors (Lipinski definition) is 1. The van der Waals surface area contributed by atoms with Crippen molar-refractivity contribution in [2.45, 2.75) is 26.3 Å². The van der Waals surface area contributed by atoms with Crippen molar-refractivity contribution in [2.24, 2.45) is 5.73 Å². The normalized spacial score (nSPS) is 12.4. The lowest BCUT2D eigenvalue weighted by Gasteiger charge is -2.08. The molecule has 0 amide bonds. The standard InChI is InChI=1S/C14H16FN3/c1-9(16)7-13-8-10(2)17-14(18-13)11-3-5-12(15)6-4-11/h3-6,8-9H,7,16H2,1-2H3. The minimum atomic E-state index is -0.262. The van der Waals surface area contributed by atoms with Gasteiger partial charge in [-0.25, -0.2) is 14.4 Å². The molecule has 1 heterocycles. The Morgan fingerprint density at radius 3 is 2.50 bits per heavy atom. The summed E-state index contributed by atoms with van der Waals surface area (Å²) in [7, 11) is 0. The maximum absolute atomic E-state index is 12.9. The van der Waals surface area contributed by atoms with Crippen molar-refractivity contribution < 1.29 is 4.39 Å². The lowest BCUT2D eigenvalue weighted by atomic mass is 10.1. The molecule has 0 bridgehead atoms. The molecular weight excluding hydrogens is 229 g/mol. The van der Waals surface area contributed by atoms with Gasteiger partial charge in [0.1, 0.15) is 5.82 Å². The number of hydrogen-bond acceptors (Lipinski definition) is 3. The first kappa shape index (κ1) is 12.6. The molecule has 1 unspecified atom stereocenters. The van der Waals surface area contributed by atoms with Crippen LogP contribution in [0.25, 0.3) is 11.4 Å². The lowest BCUT2D eigenvalue weighted by molar-refractivity contribution is 0.628. The van der Waals surface area contributed by atoms with Crippen LogP contribution in [0, 0.1) is 12.7 Å². The second kappa shape index (κ2) is 5.23. The average molecular weight is 245 g/mol. The Morgan fingerprint density at radius 2 is 1.89 bits per heavy atom. The van der Waals surface area contributed by atoms with Crippen LogP contribution >= 0.6 is 0 Å². The average Bonchev–Trinajstić information content (AvgIpc) is 2.28. The molecule has 1 aromatic carbocycles. The number of aromatic nitrogens is 2. The number of benzene rings is 1. The predicted molar refractivity (Wildman–Crippen MR) is 69.5 cm³/mol. The molecule has 0 spiro atoms. The molecule has 2 N–H and O–H groups in total. The monoisotopic (exact) mass is 245 g/mol. The van der Waals surface area contributed by atoms with Gasteiger partial charge in [0.15, 0.2) is 5.82 Å². The van der Waals surface area contributed by atoms with Crippen LogP contribution in [0.5, 0.6) is 0 Å². The van der Waals surface area contributed by atoms with Crippen LogP contribution in [0.2, 0.25) is 0 Å². The molecule has 1 atom stereocenters. The highest BCUT2D eigenvalue weighted by molar-refractivity contribution is 5.54. The first-order valence-corrected chi connectivity index (χ1v) is 5.90. The van der Waals surface area contributed by atoms with E-state index in [1.807, 2.05) is 19.9 Å². The molecular formula is C14H16FN3.